The van der Waals surface area contributed by atoms with Crippen LogP contribution in [0.4, 0.5) is 5.82 Å². The molecule has 0 aliphatic rings. The number of rotatable bonds is 6. The molecule has 0 radical (unpaired) electrons. The van der Waals surface area contributed by atoms with Crippen molar-refractivity contribution in [2.45, 2.75) is 20.8 Å². The van der Waals surface area contributed by atoms with Crippen LogP contribution >= 0.6 is 0 Å². The Morgan fingerprint density at radius 3 is 2.86 bits per heavy atom. The van der Waals surface area contributed by atoms with Crippen LogP contribution in [0.25, 0.3) is 11.7 Å². The van der Waals surface area contributed by atoms with E-state index in [1.807, 2.05) is 28.8 Å². The van der Waals surface area contributed by atoms with E-state index < -0.39 is 5.97 Å². The number of carboxylic acid groups (broad SMARTS) is 1. The summed E-state index contributed by atoms with van der Waals surface area (Å²) in [6.45, 7) is 8.11. The molecule has 0 spiro atoms. The van der Waals surface area contributed by atoms with Gasteiger partial charge in [-0.3, -0.25) is 4.40 Å². The Labute approximate surface area is 124 Å². The highest BCUT2D eigenvalue weighted by molar-refractivity contribution is 5.86. The van der Waals surface area contributed by atoms with E-state index in [4.69, 9.17) is 5.11 Å². The van der Waals surface area contributed by atoms with E-state index in [9.17, 15) is 4.79 Å². The highest BCUT2D eigenvalue weighted by Crippen LogP contribution is 2.24. The van der Waals surface area contributed by atoms with Gasteiger partial charge in [-0.2, -0.15) is 0 Å². The van der Waals surface area contributed by atoms with Gasteiger partial charge in [-0.25, -0.2) is 9.78 Å². The van der Waals surface area contributed by atoms with Crippen molar-refractivity contribution in [1.29, 1.82) is 0 Å². The highest BCUT2D eigenvalue weighted by atomic mass is 16.4. The van der Waals surface area contributed by atoms with E-state index in [2.05, 4.69) is 30.7 Å². The predicted octanol–water partition coefficient (Wildman–Crippen LogP) is 2.91. The number of pyridine rings is 1. The van der Waals surface area contributed by atoms with E-state index in [1.54, 1.807) is 6.08 Å². The number of aromatic nitrogens is 2. The maximum absolute atomic E-state index is 10.8. The zero-order chi connectivity index (χ0) is 15.4. The summed E-state index contributed by atoms with van der Waals surface area (Å²) >= 11 is 0. The minimum absolute atomic E-state index is 0.506. The molecule has 5 heteroatoms. The lowest BCUT2D eigenvalue weighted by atomic mass is 10.2. The zero-order valence-corrected chi connectivity index (χ0v) is 12.7. The van der Waals surface area contributed by atoms with Crippen LogP contribution in [0.1, 0.15) is 26.5 Å². The molecule has 2 aromatic rings. The van der Waals surface area contributed by atoms with E-state index in [1.165, 1.54) is 0 Å². The lowest BCUT2D eigenvalue weighted by molar-refractivity contribution is -0.131. The molecule has 0 saturated heterocycles. The Hall–Kier alpha value is -2.30. The molecule has 0 atom stereocenters. The van der Waals surface area contributed by atoms with Gasteiger partial charge in [0.2, 0.25) is 0 Å². The number of anilines is 1. The van der Waals surface area contributed by atoms with Crippen molar-refractivity contribution in [2.24, 2.45) is 5.92 Å². The van der Waals surface area contributed by atoms with Crippen LogP contribution < -0.4 is 4.90 Å². The van der Waals surface area contributed by atoms with Crippen molar-refractivity contribution in [3.8, 4) is 0 Å². The molecule has 0 unspecified atom stereocenters. The summed E-state index contributed by atoms with van der Waals surface area (Å²) in [5, 5.41) is 8.89. The number of aliphatic carboxylic acids is 1. The molecule has 2 rings (SSSR count). The van der Waals surface area contributed by atoms with Crippen LogP contribution in [0.15, 0.2) is 30.5 Å². The van der Waals surface area contributed by atoms with Gasteiger partial charge < -0.3 is 10.0 Å². The van der Waals surface area contributed by atoms with Crippen LogP contribution in [0.5, 0.6) is 0 Å². The summed E-state index contributed by atoms with van der Waals surface area (Å²) in [4.78, 5) is 17.7. The van der Waals surface area contributed by atoms with E-state index >= 15 is 0 Å². The van der Waals surface area contributed by atoms with Crippen molar-refractivity contribution in [3.05, 3.63) is 36.2 Å². The molecule has 0 fully saturated rings. The second-order valence-electron chi connectivity index (χ2n) is 5.35. The highest BCUT2D eigenvalue weighted by Gasteiger charge is 2.16. The molecule has 1 N–H and O–H groups in total. The van der Waals surface area contributed by atoms with Gasteiger partial charge in [-0.05, 0) is 31.1 Å². The Morgan fingerprint density at radius 1 is 1.48 bits per heavy atom. The standard InChI is InChI=1S/C16H21N3O2/c1-4-18(11-12(2)3)16-13(8-9-15(20)21)19-10-6-5-7-14(19)17-16/h5-10,12H,4,11H2,1-3H3,(H,20,21)/b9-8+. The second kappa shape index (κ2) is 6.43. The first-order valence-electron chi connectivity index (χ1n) is 7.16. The Kier molecular flexibility index (Phi) is 4.62. The maximum Gasteiger partial charge on any atom is 0.328 e. The third kappa shape index (κ3) is 3.42. The number of carboxylic acids is 1. The number of carbonyl (C=O) groups is 1. The number of imidazole rings is 1. The van der Waals surface area contributed by atoms with Crippen LogP contribution in [0.3, 0.4) is 0 Å². The number of fused-ring (bicyclic) bond motifs is 1. The SMILES string of the molecule is CCN(CC(C)C)c1nc2ccccn2c1/C=C/C(=O)O. The largest absolute Gasteiger partial charge is 0.478 e. The molecule has 0 aliphatic carbocycles. The first-order chi connectivity index (χ1) is 10.0. The van der Waals surface area contributed by atoms with Crippen LogP contribution in [-0.2, 0) is 4.79 Å². The summed E-state index contributed by atoms with van der Waals surface area (Å²) in [5.74, 6) is 0.375. The summed E-state index contributed by atoms with van der Waals surface area (Å²) in [5.41, 5.74) is 1.62. The van der Waals surface area contributed by atoms with Gasteiger partial charge in [0, 0.05) is 25.4 Å². The number of nitrogens with zero attached hydrogens (tertiary/aromatic N) is 3. The summed E-state index contributed by atoms with van der Waals surface area (Å²) in [6, 6.07) is 5.76. The third-order valence-electron chi connectivity index (χ3n) is 3.20. The van der Waals surface area contributed by atoms with Gasteiger partial charge in [0.25, 0.3) is 0 Å². The van der Waals surface area contributed by atoms with Crippen molar-refractivity contribution < 1.29 is 9.90 Å². The van der Waals surface area contributed by atoms with Gasteiger partial charge in [-0.1, -0.05) is 19.9 Å². The maximum atomic E-state index is 10.8. The Balaban J connectivity index is 2.55. The summed E-state index contributed by atoms with van der Waals surface area (Å²) in [7, 11) is 0. The fraction of sp³-hybridized carbons (Fsp3) is 0.375. The van der Waals surface area contributed by atoms with E-state index in [0.717, 1.165) is 36.3 Å². The average Bonchev–Trinajstić information content (AvgIpc) is 2.80. The van der Waals surface area contributed by atoms with Crippen molar-refractivity contribution >= 4 is 23.5 Å². The fourth-order valence-corrected chi connectivity index (χ4v) is 2.35. The average molecular weight is 287 g/mol. The molecule has 2 aromatic heterocycles. The third-order valence-corrected chi connectivity index (χ3v) is 3.20. The number of hydrogen-bond acceptors (Lipinski definition) is 3. The van der Waals surface area contributed by atoms with Crippen molar-refractivity contribution in [3.63, 3.8) is 0 Å². The predicted molar refractivity (Wildman–Crippen MR) is 84.6 cm³/mol. The van der Waals surface area contributed by atoms with Crippen LogP contribution in [0.2, 0.25) is 0 Å². The smallest absolute Gasteiger partial charge is 0.328 e. The molecule has 0 aliphatic heterocycles. The lowest BCUT2D eigenvalue weighted by Crippen LogP contribution is -2.28. The summed E-state index contributed by atoms with van der Waals surface area (Å²) in [6.07, 6.45) is 4.67. The molecule has 0 amide bonds. The van der Waals surface area contributed by atoms with Crippen LogP contribution in [-0.4, -0.2) is 33.6 Å². The van der Waals surface area contributed by atoms with Crippen LogP contribution in [0, 0.1) is 5.92 Å². The normalized spacial score (nSPS) is 11.6. The first-order valence-corrected chi connectivity index (χ1v) is 7.16. The fourth-order valence-electron chi connectivity index (χ4n) is 2.35. The summed E-state index contributed by atoms with van der Waals surface area (Å²) < 4.78 is 1.91. The molecule has 0 aromatic carbocycles. The van der Waals surface area contributed by atoms with Crippen molar-refractivity contribution in [2.75, 3.05) is 18.0 Å². The molecule has 5 nitrogen and oxygen atoms in total. The van der Waals surface area contributed by atoms with Crippen molar-refractivity contribution in [1.82, 2.24) is 9.38 Å². The molecular weight excluding hydrogens is 266 g/mol. The Bertz CT molecular complexity index is 659. The van der Waals surface area contributed by atoms with E-state index in [0.29, 0.717) is 5.92 Å². The zero-order valence-electron chi connectivity index (χ0n) is 12.7. The first kappa shape index (κ1) is 15.1. The van der Waals surface area contributed by atoms with Gasteiger partial charge in [0.15, 0.2) is 5.82 Å². The van der Waals surface area contributed by atoms with Gasteiger partial charge in [-0.15, -0.1) is 0 Å². The minimum Gasteiger partial charge on any atom is -0.478 e. The van der Waals surface area contributed by atoms with E-state index in [-0.39, 0.29) is 0 Å². The topological polar surface area (TPSA) is 57.8 Å². The van der Waals surface area contributed by atoms with Gasteiger partial charge in [0.05, 0.1) is 5.69 Å². The molecule has 2 heterocycles. The second-order valence-corrected chi connectivity index (χ2v) is 5.35. The lowest BCUT2D eigenvalue weighted by Gasteiger charge is -2.23. The quantitative estimate of drug-likeness (QED) is 0.830. The molecule has 0 bridgehead atoms. The minimum atomic E-state index is -0.960. The molecule has 0 saturated carbocycles. The van der Waals surface area contributed by atoms with Gasteiger partial charge in [0.1, 0.15) is 5.65 Å². The monoisotopic (exact) mass is 287 g/mol. The Morgan fingerprint density at radius 2 is 2.24 bits per heavy atom. The molecule has 21 heavy (non-hydrogen) atoms. The molecule has 112 valence electrons. The molecular formula is C16H21N3O2. The number of hydrogen-bond donors (Lipinski definition) is 1. The van der Waals surface area contributed by atoms with Gasteiger partial charge >= 0.3 is 5.97 Å².